The summed E-state index contributed by atoms with van der Waals surface area (Å²) in [7, 11) is 1.77. The van der Waals surface area contributed by atoms with Gasteiger partial charge in [0.25, 0.3) is 0 Å². The molecule has 0 bridgehead atoms. The number of para-hydroxylation sites is 1. The summed E-state index contributed by atoms with van der Waals surface area (Å²) in [5, 5.41) is 0. The fourth-order valence-electron chi connectivity index (χ4n) is 3.30. The van der Waals surface area contributed by atoms with Gasteiger partial charge in [-0.05, 0) is 31.0 Å². The van der Waals surface area contributed by atoms with Crippen molar-refractivity contribution in [3.8, 4) is 0 Å². The van der Waals surface area contributed by atoms with Crippen molar-refractivity contribution in [3.05, 3.63) is 65.2 Å². The highest BCUT2D eigenvalue weighted by Gasteiger charge is 2.47. The Labute approximate surface area is 130 Å². The van der Waals surface area contributed by atoms with Gasteiger partial charge in [-0.15, -0.1) is 0 Å². The van der Waals surface area contributed by atoms with E-state index in [1.807, 2.05) is 62.4 Å². The second-order valence-corrected chi connectivity index (χ2v) is 6.13. The highest BCUT2D eigenvalue weighted by molar-refractivity contribution is 6.11. The Kier molecular flexibility index (Phi) is 3.36. The van der Waals surface area contributed by atoms with Crippen molar-refractivity contribution < 1.29 is 9.59 Å². The molecule has 1 heterocycles. The standard InChI is InChI=1S/C19H19NO2/c1-13-8-4-5-9-14(13)17(21)12-19(2)15-10-6-7-11-16(15)20(3)18(19)22/h4-11H,12H2,1-3H3. The first kappa shape index (κ1) is 14.5. The number of anilines is 1. The normalized spacial score (nSPS) is 20.1. The van der Waals surface area contributed by atoms with Crippen molar-refractivity contribution in [2.45, 2.75) is 25.7 Å². The van der Waals surface area contributed by atoms with Crippen molar-refractivity contribution in [3.63, 3.8) is 0 Å². The molecule has 2 aromatic carbocycles. The summed E-state index contributed by atoms with van der Waals surface area (Å²) in [6.45, 7) is 3.79. The summed E-state index contributed by atoms with van der Waals surface area (Å²) < 4.78 is 0. The third-order valence-electron chi connectivity index (χ3n) is 4.60. The van der Waals surface area contributed by atoms with Crippen molar-refractivity contribution in [1.29, 1.82) is 0 Å². The molecule has 0 radical (unpaired) electrons. The molecule has 1 aliphatic rings. The first-order chi connectivity index (χ1) is 10.4. The van der Waals surface area contributed by atoms with Gasteiger partial charge in [0.2, 0.25) is 5.91 Å². The molecule has 3 heteroatoms. The van der Waals surface area contributed by atoms with Gasteiger partial charge in [0.15, 0.2) is 5.78 Å². The van der Waals surface area contributed by atoms with Crippen molar-refractivity contribution in [2.75, 3.05) is 11.9 Å². The van der Waals surface area contributed by atoms with Gasteiger partial charge in [0.05, 0.1) is 5.41 Å². The molecular formula is C19H19NO2. The Balaban J connectivity index is 2.00. The van der Waals surface area contributed by atoms with Gasteiger partial charge in [0.1, 0.15) is 0 Å². The van der Waals surface area contributed by atoms with Crippen molar-refractivity contribution in [2.24, 2.45) is 0 Å². The summed E-state index contributed by atoms with van der Waals surface area (Å²) in [5.41, 5.74) is 2.69. The Bertz CT molecular complexity index is 766. The lowest BCUT2D eigenvalue weighted by Crippen LogP contribution is -2.38. The molecule has 3 rings (SSSR count). The lowest BCUT2D eigenvalue weighted by molar-refractivity contribution is -0.122. The molecule has 0 spiro atoms. The van der Waals surface area contributed by atoms with Crippen molar-refractivity contribution in [1.82, 2.24) is 0 Å². The first-order valence-electron chi connectivity index (χ1n) is 7.41. The second-order valence-electron chi connectivity index (χ2n) is 6.13. The Morgan fingerprint density at radius 2 is 1.73 bits per heavy atom. The topological polar surface area (TPSA) is 37.4 Å². The molecule has 0 fully saturated rings. The number of likely N-dealkylation sites (N-methyl/N-ethyl adjacent to an activating group) is 1. The molecule has 0 saturated carbocycles. The molecule has 2 aromatic rings. The van der Waals surface area contributed by atoms with Crippen LogP contribution in [0.2, 0.25) is 0 Å². The minimum absolute atomic E-state index is 0.0130. The lowest BCUT2D eigenvalue weighted by atomic mass is 9.78. The number of hydrogen-bond acceptors (Lipinski definition) is 2. The van der Waals surface area contributed by atoms with Gasteiger partial charge in [-0.3, -0.25) is 9.59 Å². The monoisotopic (exact) mass is 293 g/mol. The molecule has 1 aliphatic heterocycles. The van der Waals surface area contributed by atoms with E-state index in [1.165, 1.54) is 0 Å². The average molecular weight is 293 g/mol. The van der Waals surface area contributed by atoms with E-state index in [1.54, 1.807) is 11.9 Å². The molecule has 22 heavy (non-hydrogen) atoms. The quantitative estimate of drug-likeness (QED) is 0.812. The van der Waals surface area contributed by atoms with Crippen LogP contribution in [0.25, 0.3) is 0 Å². The summed E-state index contributed by atoms with van der Waals surface area (Å²) in [6, 6.07) is 15.2. The number of aryl methyl sites for hydroxylation is 1. The molecule has 3 nitrogen and oxygen atoms in total. The van der Waals surface area contributed by atoms with E-state index in [2.05, 4.69) is 0 Å². The smallest absolute Gasteiger partial charge is 0.237 e. The fraction of sp³-hybridized carbons (Fsp3) is 0.263. The minimum Gasteiger partial charge on any atom is -0.314 e. The molecule has 0 aliphatic carbocycles. The van der Waals surface area contributed by atoms with E-state index >= 15 is 0 Å². The van der Waals surface area contributed by atoms with E-state index in [-0.39, 0.29) is 18.1 Å². The van der Waals surface area contributed by atoms with Gasteiger partial charge in [-0.1, -0.05) is 42.5 Å². The molecular weight excluding hydrogens is 274 g/mol. The molecule has 0 N–H and O–H groups in total. The van der Waals surface area contributed by atoms with Gasteiger partial charge in [0, 0.05) is 24.7 Å². The van der Waals surface area contributed by atoms with Crippen LogP contribution in [0, 0.1) is 6.92 Å². The number of benzene rings is 2. The molecule has 1 atom stereocenters. The SMILES string of the molecule is Cc1ccccc1C(=O)CC1(C)C(=O)N(C)c2ccccc21. The van der Waals surface area contributed by atoms with Gasteiger partial charge in [-0.2, -0.15) is 0 Å². The maximum atomic E-state index is 12.7. The highest BCUT2D eigenvalue weighted by Crippen LogP contribution is 2.43. The number of carbonyl (C=O) groups is 2. The Hall–Kier alpha value is -2.42. The van der Waals surface area contributed by atoms with Crippen LogP contribution in [0.1, 0.15) is 34.8 Å². The predicted octanol–water partition coefficient (Wildman–Crippen LogP) is 3.50. The summed E-state index contributed by atoms with van der Waals surface area (Å²) >= 11 is 0. The van der Waals surface area contributed by atoms with Crippen LogP contribution >= 0.6 is 0 Å². The predicted molar refractivity (Wildman–Crippen MR) is 87.3 cm³/mol. The van der Waals surface area contributed by atoms with Gasteiger partial charge >= 0.3 is 0 Å². The number of carbonyl (C=O) groups excluding carboxylic acids is 2. The van der Waals surface area contributed by atoms with Crippen molar-refractivity contribution >= 4 is 17.4 Å². The maximum Gasteiger partial charge on any atom is 0.237 e. The van der Waals surface area contributed by atoms with E-state index < -0.39 is 5.41 Å². The minimum atomic E-state index is -0.787. The third kappa shape index (κ3) is 2.05. The molecule has 0 aromatic heterocycles. The van der Waals surface area contributed by atoms with Crippen LogP contribution in [0.3, 0.4) is 0 Å². The summed E-state index contributed by atoms with van der Waals surface area (Å²) in [5.74, 6) is -0.00492. The van der Waals surface area contributed by atoms with Crippen LogP contribution in [-0.2, 0) is 10.2 Å². The van der Waals surface area contributed by atoms with E-state index in [4.69, 9.17) is 0 Å². The number of ketones is 1. The molecule has 112 valence electrons. The van der Waals surface area contributed by atoms with E-state index in [0.29, 0.717) is 5.56 Å². The number of hydrogen-bond donors (Lipinski definition) is 0. The maximum absolute atomic E-state index is 12.7. The third-order valence-corrected chi connectivity index (χ3v) is 4.60. The largest absolute Gasteiger partial charge is 0.314 e. The van der Waals surface area contributed by atoms with Crippen LogP contribution < -0.4 is 4.90 Å². The Morgan fingerprint density at radius 1 is 1.09 bits per heavy atom. The first-order valence-corrected chi connectivity index (χ1v) is 7.41. The molecule has 1 amide bonds. The summed E-state index contributed by atoms with van der Waals surface area (Å²) in [6.07, 6.45) is 0.192. The van der Waals surface area contributed by atoms with Crippen LogP contribution in [0.4, 0.5) is 5.69 Å². The zero-order valence-corrected chi connectivity index (χ0v) is 13.1. The number of rotatable bonds is 3. The lowest BCUT2D eigenvalue weighted by Gasteiger charge is -2.22. The number of nitrogens with zero attached hydrogens (tertiary/aromatic N) is 1. The fourth-order valence-corrected chi connectivity index (χ4v) is 3.30. The summed E-state index contributed by atoms with van der Waals surface area (Å²) in [4.78, 5) is 27.1. The van der Waals surface area contributed by atoms with Gasteiger partial charge in [-0.25, -0.2) is 0 Å². The zero-order valence-electron chi connectivity index (χ0n) is 13.1. The van der Waals surface area contributed by atoms with Crippen LogP contribution in [-0.4, -0.2) is 18.7 Å². The number of fused-ring (bicyclic) bond motifs is 1. The van der Waals surface area contributed by atoms with E-state index in [9.17, 15) is 9.59 Å². The van der Waals surface area contributed by atoms with Crippen LogP contribution in [0.15, 0.2) is 48.5 Å². The molecule has 0 saturated heterocycles. The number of Topliss-reactive ketones (excluding diaryl/α,β-unsaturated/α-hetero) is 1. The average Bonchev–Trinajstić information content (AvgIpc) is 2.70. The van der Waals surface area contributed by atoms with Crippen LogP contribution in [0.5, 0.6) is 0 Å². The second kappa shape index (κ2) is 5.09. The number of amides is 1. The highest BCUT2D eigenvalue weighted by atomic mass is 16.2. The van der Waals surface area contributed by atoms with Gasteiger partial charge < -0.3 is 4.90 Å². The zero-order chi connectivity index (χ0) is 15.9. The Morgan fingerprint density at radius 3 is 2.45 bits per heavy atom. The molecule has 1 unspecified atom stereocenters. The van der Waals surface area contributed by atoms with E-state index in [0.717, 1.165) is 16.8 Å².